The van der Waals surface area contributed by atoms with Crippen LogP contribution in [-0.4, -0.2) is 28.5 Å². The summed E-state index contributed by atoms with van der Waals surface area (Å²) in [5, 5.41) is 4.06. The lowest BCUT2D eigenvalue weighted by Gasteiger charge is -2.32. The molecule has 1 saturated heterocycles. The summed E-state index contributed by atoms with van der Waals surface area (Å²) in [5.74, 6) is 1.44. The van der Waals surface area contributed by atoms with Crippen LogP contribution in [0.4, 0.5) is 0 Å². The Morgan fingerprint density at radius 1 is 1.04 bits per heavy atom. The van der Waals surface area contributed by atoms with Gasteiger partial charge in [-0.25, -0.2) is 0 Å². The number of hydrogen-bond acceptors (Lipinski definition) is 5. The van der Waals surface area contributed by atoms with Gasteiger partial charge in [-0.05, 0) is 33.2 Å². The van der Waals surface area contributed by atoms with Gasteiger partial charge in [-0.2, -0.15) is 4.98 Å². The summed E-state index contributed by atoms with van der Waals surface area (Å²) in [6, 6.07) is 7.91. The summed E-state index contributed by atoms with van der Waals surface area (Å²) >= 11 is 0. The fourth-order valence-electron chi connectivity index (χ4n) is 2.39. The molecule has 1 aromatic carbocycles. The first-order valence-electron chi connectivity index (χ1n) is 7.99. The van der Waals surface area contributed by atoms with Gasteiger partial charge >= 0.3 is 7.12 Å². The van der Waals surface area contributed by atoms with Crippen molar-refractivity contribution in [2.75, 3.05) is 0 Å². The van der Waals surface area contributed by atoms with Crippen LogP contribution in [-0.2, 0) is 9.31 Å². The zero-order valence-corrected chi connectivity index (χ0v) is 14.6. The molecule has 2 heterocycles. The van der Waals surface area contributed by atoms with Gasteiger partial charge in [-0.3, -0.25) is 0 Å². The van der Waals surface area contributed by atoms with Gasteiger partial charge < -0.3 is 13.8 Å². The first-order chi connectivity index (χ1) is 10.7. The van der Waals surface area contributed by atoms with Crippen molar-refractivity contribution in [3.63, 3.8) is 0 Å². The Morgan fingerprint density at radius 3 is 2.26 bits per heavy atom. The molecule has 3 rings (SSSR count). The Labute approximate surface area is 137 Å². The Kier molecular flexibility index (Phi) is 3.85. The molecule has 0 unspecified atom stereocenters. The van der Waals surface area contributed by atoms with E-state index in [0.29, 0.717) is 11.7 Å². The zero-order chi connectivity index (χ0) is 16.8. The molecule has 0 saturated carbocycles. The molecule has 0 aliphatic carbocycles. The molecule has 6 heteroatoms. The second-order valence-electron chi connectivity index (χ2n) is 7.32. The fourth-order valence-corrected chi connectivity index (χ4v) is 2.39. The van der Waals surface area contributed by atoms with Crippen LogP contribution in [0.15, 0.2) is 28.8 Å². The van der Waals surface area contributed by atoms with Crippen molar-refractivity contribution in [1.82, 2.24) is 10.1 Å². The Morgan fingerprint density at radius 2 is 1.70 bits per heavy atom. The van der Waals surface area contributed by atoms with Crippen molar-refractivity contribution in [2.45, 2.75) is 58.7 Å². The Bertz CT molecular complexity index is 693. The third-order valence-electron chi connectivity index (χ3n) is 4.61. The van der Waals surface area contributed by atoms with Crippen molar-refractivity contribution < 1.29 is 13.8 Å². The first-order valence-corrected chi connectivity index (χ1v) is 7.99. The predicted octanol–water partition coefficient (Wildman–Crippen LogP) is 3.16. The molecule has 0 radical (unpaired) electrons. The maximum absolute atomic E-state index is 6.10. The minimum atomic E-state index is -0.392. The van der Waals surface area contributed by atoms with Gasteiger partial charge in [0.25, 0.3) is 0 Å². The lowest BCUT2D eigenvalue weighted by atomic mass is 9.78. The van der Waals surface area contributed by atoms with Crippen molar-refractivity contribution in [2.24, 2.45) is 0 Å². The lowest BCUT2D eigenvalue weighted by molar-refractivity contribution is 0.00578. The van der Waals surface area contributed by atoms with E-state index in [1.54, 1.807) is 0 Å². The van der Waals surface area contributed by atoms with Gasteiger partial charge in [0.1, 0.15) is 0 Å². The van der Waals surface area contributed by atoms with Crippen LogP contribution < -0.4 is 5.46 Å². The van der Waals surface area contributed by atoms with Crippen LogP contribution in [0.1, 0.15) is 53.4 Å². The maximum atomic E-state index is 6.10. The van der Waals surface area contributed by atoms with Crippen molar-refractivity contribution in [1.29, 1.82) is 0 Å². The summed E-state index contributed by atoms with van der Waals surface area (Å²) in [4.78, 5) is 4.45. The molecule has 0 bridgehead atoms. The topological polar surface area (TPSA) is 57.4 Å². The third-order valence-corrected chi connectivity index (χ3v) is 4.61. The van der Waals surface area contributed by atoms with Gasteiger partial charge in [0.05, 0.1) is 11.2 Å². The normalized spacial score (nSPS) is 19.5. The van der Waals surface area contributed by atoms with E-state index in [2.05, 4.69) is 10.1 Å². The second kappa shape index (κ2) is 5.46. The quantitative estimate of drug-likeness (QED) is 0.815. The fraction of sp³-hybridized carbons (Fsp3) is 0.529. The standard InChI is InChI=1S/C17H23BN2O3/c1-11(2)15-19-14(20-21-15)12-8-7-9-13(10-12)18-22-16(3,4)17(5,6)23-18/h7-11H,1-6H3. The van der Waals surface area contributed by atoms with Crippen LogP contribution >= 0.6 is 0 Å². The van der Waals surface area contributed by atoms with Gasteiger partial charge in [-0.15, -0.1) is 0 Å². The average molecular weight is 314 g/mol. The molecular formula is C17H23BN2O3. The minimum Gasteiger partial charge on any atom is -0.399 e. The maximum Gasteiger partial charge on any atom is 0.494 e. The van der Waals surface area contributed by atoms with Crippen LogP contribution in [0.2, 0.25) is 0 Å². The molecule has 1 aromatic heterocycles. The lowest BCUT2D eigenvalue weighted by Crippen LogP contribution is -2.41. The number of hydrogen-bond donors (Lipinski definition) is 0. The highest BCUT2D eigenvalue weighted by Gasteiger charge is 2.51. The highest BCUT2D eigenvalue weighted by molar-refractivity contribution is 6.62. The number of aromatic nitrogens is 2. The van der Waals surface area contributed by atoms with E-state index in [-0.39, 0.29) is 17.1 Å². The SMILES string of the molecule is CC(C)c1nc(-c2cccc(B3OC(C)(C)C(C)(C)O3)c2)no1. The van der Waals surface area contributed by atoms with E-state index in [9.17, 15) is 0 Å². The summed E-state index contributed by atoms with van der Waals surface area (Å²) in [5.41, 5.74) is 1.14. The number of nitrogens with zero attached hydrogens (tertiary/aromatic N) is 2. The van der Waals surface area contributed by atoms with Crippen molar-refractivity contribution in [3.05, 3.63) is 30.2 Å². The molecule has 0 N–H and O–H groups in total. The summed E-state index contributed by atoms with van der Waals surface area (Å²) in [6.45, 7) is 12.2. The average Bonchev–Trinajstić information content (AvgIpc) is 3.03. The molecule has 2 aromatic rings. The molecule has 0 atom stereocenters. The van der Waals surface area contributed by atoms with E-state index in [1.165, 1.54) is 0 Å². The van der Waals surface area contributed by atoms with Crippen LogP contribution in [0.5, 0.6) is 0 Å². The predicted molar refractivity (Wildman–Crippen MR) is 89.5 cm³/mol. The number of rotatable bonds is 3. The van der Waals surface area contributed by atoms with E-state index in [1.807, 2.05) is 65.8 Å². The molecule has 122 valence electrons. The molecule has 1 aliphatic rings. The van der Waals surface area contributed by atoms with Crippen molar-refractivity contribution >= 4 is 12.6 Å². The largest absolute Gasteiger partial charge is 0.494 e. The van der Waals surface area contributed by atoms with Crippen LogP contribution in [0.25, 0.3) is 11.4 Å². The molecule has 1 aliphatic heterocycles. The zero-order valence-electron chi connectivity index (χ0n) is 14.6. The van der Waals surface area contributed by atoms with E-state index in [0.717, 1.165) is 11.0 Å². The summed E-state index contributed by atoms with van der Waals surface area (Å²) in [6.07, 6.45) is 0. The molecule has 0 spiro atoms. The highest BCUT2D eigenvalue weighted by Crippen LogP contribution is 2.36. The first kappa shape index (κ1) is 16.2. The van der Waals surface area contributed by atoms with E-state index in [4.69, 9.17) is 13.8 Å². The van der Waals surface area contributed by atoms with E-state index >= 15 is 0 Å². The molecular weight excluding hydrogens is 291 g/mol. The third kappa shape index (κ3) is 2.93. The smallest absolute Gasteiger partial charge is 0.399 e. The number of benzene rings is 1. The summed E-state index contributed by atoms with van der Waals surface area (Å²) in [7, 11) is -0.392. The molecule has 0 amide bonds. The van der Waals surface area contributed by atoms with E-state index < -0.39 is 7.12 Å². The molecule has 23 heavy (non-hydrogen) atoms. The Hall–Kier alpha value is -1.66. The van der Waals surface area contributed by atoms with Crippen LogP contribution in [0, 0.1) is 0 Å². The van der Waals surface area contributed by atoms with Crippen LogP contribution in [0.3, 0.4) is 0 Å². The monoisotopic (exact) mass is 314 g/mol. The van der Waals surface area contributed by atoms with Gasteiger partial charge in [-0.1, -0.05) is 43.3 Å². The highest BCUT2D eigenvalue weighted by atomic mass is 16.7. The Balaban J connectivity index is 1.89. The van der Waals surface area contributed by atoms with Gasteiger partial charge in [0.2, 0.25) is 11.7 Å². The van der Waals surface area contributed by atoms with Gasteiger partial charge in [0.15, 0.2) is 0 Å². The molecule has 1 fully saturated rings. The second-order valence-corrected chi connectivity index (χ2v) is 7.32. The summed E-state index contributed by atoms with van der Waals surface area (Å²) < 4.78 is 17.5. The molecule has 5 nitrogen and oxygen atoms in total. The van der Waals surface area contributed by atoms with Crippen molar-refractivity contribution in [3.8, 4) is 11.4 Å². The minimum absolute atomic E-state index is 0.211. The van der Waals surface area contributed by atoms with Gasteiger partial charge in [0, 0.05) is 11.5 Å².